The molecule has 4 aromatic rings. The number of non-ortho nitro benzene ring substituents is 1. The van der Waals surface area contributed by atoms with E-state index in [9.17, 15) is 10.1 Å². The highest BCUT2D eigenvalue weighted by Gasteiger charge is 2.25. The van der Waals surface area contributed by atoms with Gasteiger partial charge in [-0.25, -0.2) is 4.99 Å². The van der Waals surface area contributed by atoms with Gasteiger partial charge in [0.05, 0.1) is 22.3 Å². The molecule has 5 nitrogen and oxygen atoms in total. The predicted molar refractivity (Wildman–Crippen MR) is 129 cm³/mol. The van der Waals surface area contributed by atoms with E-state index < -0.39 is 0 Å². The summed E-state index contributed by atoms with van der Waals surface area (Å²) >= 11 is 7.76. The zero-order valence-electron chi connectivity index (χ0n) is 17.1. The van der Waals surface area contributed by atoms with Crippen LogP contribution in [0.2, 0.25) is 5.02 Å². The molecular weight excluding hydrogens is 442 g/mol. The Hall–Kier alpha value is -3.22. The summed E-state index contributed by atoms with van der Waals surface area (Å²) in [7, 11) is 0. The number of aryl methyl sites for hydroxylation is 1. The number of hydrogen-bond donors (Lipinski definition) is 0. The van der Waals surface area contributed by atoms with Crippen molar-refractivity contribution < 1.29 is 4.92 Å². The number of halogens is 1. The van der Waals surface area contributed by atoms with E-state index in [1.54, 1.807) is 23.5 Å². The van der Waals surface area contributed by atoms with Gasteiger partial charge in [0, 0.05) is 22.5 Å². The second kappa shape index (κ2) is 8.73. The van der Waals surface area contributed by atoms with E-state index in [1.165, 1.54) is 11.1 Å². The first-order chi connectivity index (χ1) is 15.6. The summed E-state index contributed by atoms with van der Waals surface area (Å²) in [6, 6.07) is 23.0. The SMILES string of the molecule is O=[N+]([O-])c1ccc(-c2csc(=Nc3cccc(Cl)c3)n2C2CCCc3ccccc32)cc1. The average Bonchev–Trinajstić information content (AvgIpc) is 3.22. The van der Waals surface area contributed by atoms with E-state index in [4.69, 9.17) is 16.6 Å². The van der Waals surface area contributed by atoms with Crippen molar-refractivity contribution in [1.29, 1.82) is 0 Å². The van der Waals surface area contributed by atoms with E-state index in [-0.39, 0.29) is 16.7 Å². The van der Waals surface area contributed by atoms with Gasteiger partial charge in [0.25, 0.3) is 5.69 Å². The van der Waals surface area contributed by atoms with Gasteiger partial charge in [0.2, 0.25) is 0 Å². The van der Waals surface area contributed by atoms with Gasteiger partial charge < -0.3 is 4.57 Å². The monoisotopic (exact) mass is 461 g/mol. The molecule has 0 N–H and O–H groups in total. The summed E-state index contributed by atoms with van der Waals surface area (Å²) in [5.41, 5.74) is 5.50. The second-order valence-electron chi connectivity index (χ2n) is 7.78. The number of nitrogens with zero attached hydrogens (tertiary/aromatic N) is 3. The van der Waals surface area contributed by atoms with Crippen LogP contribution in [0.4, 0.5) is 11.4 Å². The molecule has 7 heteroatoms. The topological polar surface area (TPSA) is 60.4 Å². The molecule has 0 spiro atoms. The Morgan fingerprint density at radius 3 is 2.66 bits per heavy atom. The third-order valence-electron chi connectivity index (χ3n) is 5.80. The van der Waals surface area contributed by atoms with E-state index >= 15 is 0 Å². The number of aromatic nitrogens is 1. The van der Waals surface area contributed by atoms with Crippen LogP contribution in [0.25, 0.3) is 11.3 Å². The zero-order valence-corrected chi connectivity index (χ0v) is 18.7. The fraction of sp³-hybridized carbons (Fsp3) is 0.160. The predicted octanol–water partition coefficient (Wildman–Crippen LogP) is 6.94. The van der Waals surface area contributed by atoms with Crippen LogP contribution in [0, 0.1) is 10.1 Å². The van der Waals surface area contributed by atoms with Crippen LogP contribution in [0.3, 0.4) is 0 Å². The Morgan fingerprint density at radius 2 is 1.88 bits per heavy atom. The third kappa shape index (κ3) is 3.99. The summed E-state index contributed by atoms with van der Waals surface area (Å²) in [5.74, 6) is 0. The van der Waals surface area contributed by atoms with E-state index in [0.717, 1.165) is 41.0 Å². The van der Waals surface area contributed by atoms with Gasteiger partial charge in [0.1, 0.15) is 0 Å². The first-order valence-corrected chi connectivity index (χ1v) is 11.7. The molecule has 1 aliphatic carbocycles. The van der Waals surface area contributed by atoms with Gasteiger partial charge in [-0.15, -0.1) is 11.3 Å². The molecule has 0 fully saturated rings. The summed E-state index contributed by atoms with van der Waals surface area (Å²) in [4.78, 5) is 16.5. The molecule has 32 heavy (non-hydrogen) atoms. The summed E-state index contributed by atoms with van der Waals surface area (Å²) in [6.07, 6.45) is 3.18. The highest BCUT2D eigenvalue weighted by atomic mass is 35.5. The van der Waals surface area contributed by atoms with Crippen molar-refractivity contribution in [3.63, 3.8) is 0 Å². The quantitative estimate of drug-likeness (QED) is 0.244. The number of fused-ring (bicyclic) bond motifs is 1. The first-order valence-electron chi connectivity index (χ1n) is 10.4. The van der Waals surface area contributed by atoms with Crippen LogP contribution in [0.1, 0.15) is 30.0 Å². The maximum absolute atomic E-state index is 11.1. The fourth-order valence-corrected chi connectivity index (χ4v) is 5.47. The lowest BCUT2D eigenvalue weighted by molar-refractivity contribution is -0.384. The third-order valence-corrected chi connectivity index (χ3v) is 6.87. The first kappa shape index (κ1) is 20.7. The number of hydrogen-bond acceptors (Lipinski definition) is 4. The summed E-state index contributed by atoms with van der Waals surface area (Å²) in [5, 5.41) is 13.8. The standard InChI is InChI=1S/C25H20ClN3O2S/c26-19-7-4-8-20(15-19)27-25-28(23-10-3-6-17-5-1-2-9-22(17)23)24(16-32-25)18-11-13-21(14-12-18)29(30)31/h1-2,4-5,7-9,11-16,23H,3,6,10H2. The van der Waals surface area contributed by atoms with Gasteiger partial charge in [0.15, 0.2) is 4.80 Å². The molecule has 0 bridgehead atoms. The van der Waals surface area contributed by atoms with Gasteiger partial charge >= 0.3 is 0 Å². The smallest absolute Gasteiger partial charge is 0.269 e. The minimum Gasteiger partial charge on any atom is -0.309 e. The number of nitro groups is 1. The van der Waals surface area contributed by atoms with Crippen LogP contribution in [0.15, 0.2) is 83.2 Å². The van der Waals surface area contributed by atoms with Crippen molar-refractivity contribution in [2.45, 2.75) is 25.3 Å². The molecule has 0 aliphatic heterocycles. The molecular formula is C25H20ClN3O2S. The minimum atomic E-state index is -0.372. The van der Waals surface area contributed by atoms with Crippen molar-refractivity contribution in [3.05, 3.63) is 109 Å². The lowest BCUT2D eigenvalue weighted by Crippen LogP contribution is -2.26. The molecule has 5 rings (SSSR count). The lowest BCUT2D eigenvalue weighted by Gasteiger charge is -2.28. The van der Waals surface area contributed by atoms with Crippen molar-refractivity contribution in [2.24, 2.45) is 4.99 Å². The van der Waals surface area contributed by atoms with E-state index in [0.29, 0.717) is 5.02 Å². The lowest BCUT2D eigenvalue weighted by atomic mass is 9.87. The highest BCUT2D eigenvalue weighted by Crippen LogP contribution is 2.36. The molecule has 1 unspecified atom stereocenters. The highest BCUT2D eigenvalue weighted by molar-refractivity contribution is 7.07. The number of thiazole rings is 1. The maximum atomic E-state index is 11.1. The summed E-state index contributed by atoms with van der Waals surface area (Å²) < 4.78 is 2.28. The van der Waals surface area contributed by atoms with E-state index in [1.807, 2.05) is 36.4 Å². The maximum Gasteiger partial charge on any atom is 0.269 e. The normalized spacial score (nSPS) is 16.0. The molecule has 1 aliphatic rings. The Kier molecular flexibility index (Phi) is 5.64. The molecule has 0 saturated carbocycles. The van der Waals surface area contributed by atoms with Crippen molar-refractivity contribution in [3.8, 4) is 11.3 Å². The Balaban J connectivity index is 1.71. The van der Waals surface area contributed by atoms with Gasteiger partial charge in [-0.3, -0.25) is 10.1 Å². The van der Waals surface area contributed by atoms with Crippen LogP contribution in [-0.4, -0.2) is 9.49 Å². The number of benzene rings is 3. The van der Waals surface area contributed by atoms with Crippen LogP contribution in [-0.2, 0) is 6.42 Å². The molecule has 1 aromatic heterocycles. The molecule has 1 heterocycles. The molecule has 0 amide bonds. The number of nitro benzene ring substituents is 1. The van der Waals surface area contributed by atoms with Gasteiger partial charge in [-0.1, -0.05) is 41.9 Å². The summed E-state index contributed by atoms with van der Waals surface area (Å²) in [6.45, 7) is 0. The molecule has 3 aromatic carbocycles. The Labute approximate surface area is 194 Å². The largest absolute Gasteiger partial charge is 0.309 e. The molecule has 1 atom stereocenters. The molecule has 0 saturated heterocycles. The van der Waals surface area contributed by atoms with Crippen molar-refractivity contribution >= 4 is 34.3 Å². The molecule has 160 valence electrons. The Bertz CT molecular complexity index is 1360. The average molecular weight is 462 g/mol. The second-order valence-corrected chi connectivity index (χ2v) is 9.05. The van der Waals surface area contributed by atoms with Crippen LogP contribution < -0.4 is 4.80 Å². The Morgan fingerprint density at radius 1 is 1.06 bits per heavy atom. The number of rotatable bonds is 4. The van der Waals surface area contributed by atoms with E-state index in [2.05, 4.69) is 34.2 Å². The van der Waals surface area contributed by atoms with Crippen LogP contribution >= 0.6 is 22.9 Å². The van der Waals surface area contributed by atoms with Crippen molar-refractivity contribution in [2.75, 3.05) is 0 Å². The van der Waals surface area contributed by atoms with Gasteiger partial charge in [-0.2, -0.15) is 0 Å². The minimum absolute atomic E-state index is 0.0855. The fourth-order valence-electron chi connectivity index (χ4n) is 4.32. The van der Waals surface area contributed by atoms with Crippen molar-refractivity contribution in [1.82, 2.24) is 4.57 Å². The zero-order chi connectivity index (χ0) is 22.1. The van der Waals surface area contributed by atoms with Gasteiger partial charge in [-0.05, 0) is 66.3 Å². The van der Waals surface area contributed by atoms with Crippen LogP contribution in [0.5, 0.6) is 0 Å². The molecule has 0 radical (unpaired) electrons.